The van der Waals surface area contributed by atoms with Crippen LogP contribution in [-0.4, -0.2) is 21.4 Å². The van der Waals surface area contributed by atoms with E-state index in [-0.39, 0.29) is 18.1 Å². The summed E-state index contributed by atoms with van der Waals surface area (Å²) < 4.78 is 6.99. The Morgan fingerprint density at radius 1 is 1.06 bits per heavy atom. The average molecular weight is 504 g/mol. The third-order valence-corrected chi connectivity index (χ3v) is 7.17. The van der Waals surface area contributed by atoms with Crippen molar-refractivity contribution in [1.82, 2.24) is 9.55 Å². The number of carbonyl (C=O) groups excluding carboxylic acids is 2. The Morgan fingerprint density at radius 3 is 2.47 bits per heavy atom. The second-order valence-electron chi connectivity index (χ2n) is 8.92. The summed E-state index contributed by atoms with van der Waals surface area (Å²) in [7, 11) is 0. The highest BCUT2D eigenvalue weighted by Gasteiger charge is 2.25. The zero-order chi connectivity index (χ0) is 26.0. The monoisotopic (exact) mass is 503 g/mol. The smallest absolute Gasteiger partial charge is 0.350 e. The summed E-state index contributed by atoms with van der Waals surface area (Å²) in [5.74, 6) is -0.851. The quantitative estimate of drug-likeness (QED) is 0.330. The van der Waals surface area contributed by atoms with Crippen molar-refractivity contribution in [1.29, 1.82) is 0 Å². The van der Waals surface area contributed by atoms with Gasteiger partial charge in [-0.15, -0.1) is 0 Å². The molecule has 7 nitrogen and oxygen atoms in total. The van der Waals surface area contributed by atoms with Gasteiger partial charge in [-0.05, 0) is 56.9 Å². The molecule has 4 aromatic rings. The van der Waals surface area contributed by atoms with Gasteiger partial charge in [0.1, 0.15) is 17.5 Å². The van der Waals surface area contributed by atoms with E-state index in [1.807, 2.05) is 70.2 Å². The number of nitrogens with one attached hydrogen (secondary N) is 1. The van der Waals surface area contributed by atoms with Crippen LogP contribution in [0.15, 0.2) is 53.3 Å². The van der Waals surface area contributed by atoms with Gasteiger partial charge in [0.2, 0.25) is 5.91 Å². The summed E-state index contributed by atoms with van der Waals surface area (Å²) in [6.45, 7) is 9.59. The second kappa shape index (κ2) is 10.5. The summed E-state index contributed by atoms with van der Waals surface area (Å²) in [4.78, 5) is 43.8. The minimum absolute atomic E-state index is 0.152. The maximum atomic E-state index is 13.4. The Bertz CT molecular complexity index is 1510. The maximum Gasteiger partial charge on any atom is 0.350 e. The number of aryl methyl sites for hydroxylation is 4. The molecule has 186 valence electrons. The van der Waals surface area contributed by atoms with Crippen molar-refractivity contribution in [3.05, 3.63) is 91.7 Å². The standard InChI is InChI=1S/C28H29N3O4S/c1-6-22(31-23(32)14-17(3)21-13-16(2)12-18(4)24(21)31)26(33)30-28-29-19(5)25(36-28)27(34)35-15-20-10-8-7-9-11-20/h7-14,22H,6,15H2,1-5H3,(H,29,30,33). The molecule has 0 aliphatic rings. The minimum atomic E-state index is -0.736. The number of esters is 1. The van der Waals surface area contributed by atoms with Gasteiger partial charge in [0.15, 0.2) is 5.13 Å². The average Bonchev–Trinajstić information content (AvgIpc) is 3.20. The summed E-state index contributed by atoms with van der Waals surface area (Å²) >= 11 is 1.06. The van der Waals surface area contributed by atoms with Crippen LogP contribution in [0.25, 0.3) is 10.9 Å². The lowest BCUT2D eigenvalue weighted by Gasteiger charge is -2.22. The molecule has 1 atom stereocenters. The molecule has 8 heteroatoms. The molecule has 1 amide bonds. The van der Waals surface area contributed by atoms with Crippen LogP contribution in [-0.2, 0) is 16.1 Å². The number of ether oxygens (including phenoxy) is 1. The van der Waals surface area contributed by atoms with Gasteiger partial charge in [0.05, 0.1) is 11.2 Å². The fourth-order valence-electron chi connectivity index (χ4n) is 4.43. The van der Waals surface area contributed by atoms with Gasteiger partial charge >= 0.3 is 5.97 Å². The van der Waals surface area contributed by atoms with E-state index in [2.05, 4.69) is 10.3 Å². The highest BCUT2D eigenvalue weighted by molar-refractivity contribution is 7.17. The number of carbonyl (C=O) groups is 2. The number of aromatic nitrogens is 2. The first-order valence-corrected chi connectivity index (χ1v) is 12.6. The SMILES string of the molecule is CCC(C(=O)Nc1nc(C)c(C(=O)OCc2ccccc2)s1)n1c(=O)cc(C)c2cc(C)cc(C)c21. The molecule has 0 spiro atoms. The molecule has 0 aliphatic heterocycles. The zero-order valence-electron chi connectivity index (χ0n) is 21.0. The van der Waals surface area contributed by atoms with Crippen LogP contribution in [0.2, 0.25) is 0 Å². The summed E-state index contributed by atoms with van der Waals surface area (Å²) in [5.41, 5.74) is 4.80. The number of hydrogen-bond donors (Lipinski definition) is 1. The zero-order valence-corrected chi connectivity index (χ0v) is 21.9. The first kappa shape index (κ1) is 25.3. The van der Waals surface area contributed by atoms with Gasteiger partial charge in [0, 0.05) is 11.5 Å². The normalized spacial score (nSPS) is 11.9. The van der Waals surface area contributed by atoms with E-state index in [0.29, 0.717) is 22.1 Å². The predicted molar refractivity (Wildman–Crippen MR) is 143 cm³/mol. The van der Waals surface area contributed by atoms with Gasteiger partial charge < -0.3 is 10.1 Å². The predicted octanol–water partition coefficient (Wildman–Crippen LogP) is 5.64. The first-order chi connectivity index (χ1) is 17.2. The molecule has 4 rings (SSSR count). The second-order valence-corrected chi connectivity index (χ2v) is 9.92. The van der Waals surface area contributed by atoms with E-state index < -0.39 is 12.0 Å². The number of anilines is 1. The minimum Gasteiger partial charge on any atom is -0.457 e. The number of benzene rings is 2. The Morgan fingerprint density at radius 2 is 1.78 bits per heavy atom. The molecule has 0 aliphatic carbocycles. The van der Waals surface area contributed by atoms with E-state index in [1.54, 1.807) is 17.6 Å². The lowest BCUT2D eigenvalue weighted by molar-refractivity contribution is -0.119. The first-order valence-electron chi connectivity index (χ1n) is 11.8. The molecular formula is C28H29N3O4S. The number of fused-ring (bicyclic) bond motifs is 1. The summed E-state index contributed by atoms with van der Waals surface area (Å²) in [5, 5.41) is 4.06. The van der Waals surface area contributed by atoms with E-state index in [9.17, 15) is 14.4 Å². The van der Waals surface area contributed by atoms with Crippen LogP contribution in [0.3, 0.4) is 0 Å². The molecule has 1 N–H and O–H groups in total. The van der Waals surface area contributed by atoms with Crippen LogP contribution in [0.5, 0.6) is 0 Å². The number of pyridine rings is 1. The van der Waals surface area contributed by atoms with Crippen LogP contribution in [0.4, 0.5) is 5.13 Å². The molecule has 0 radical (unpaired) electrons. The van der Waals surface area contributed by atoms with Crippen molar-refractivity contribution < 1.29 is 14.3 Å². The summed E-state index contributed by atoms with van der Waals surface area (Å²) in [6, 6.07) is 14.3. The van der Waals surface area contributed by atoms with Crippen molar-refractivity contribution in [3.8, 4) is 0 Å². The molecule has 2 aromatic heterocycles. The Hall–Kier alpha value is -3.78. The van der Waals surface area contributed by atoms with Gasteiger partial charge in [-0.1, -0.05) is 60.2 Å². The van der Waals surface area contributed by atoms with Gasteiger partial charge in [-0.25, -0.2) is 9.78 Å². The van der Waals surface area contributed by atoms with Crippen molar-refractivity contribution in [2.75, 3.05) is 5.32 Å². The summed E-state index contributed by atoms with van der Waals surface area (Å²) in [6.07, 6.45) is 0.410. The van der Waals surface area contributed by atoms with Crippen molar-refractivity contribution in [3.63, 3.8) is 0 Å². The van der Waals surface area contributed by atoms with E-state index >= 15 is 0 Å². The highest BCUT2D eigenvalue weighted by atomic mass is 32.1. The molecule has 0 saturated heterocycles. The van der Waals surface area contributed by atoms with Crippen LogP contribution in [0.1, 0.15) is 57.0 Å². The van der Waals surface area contributed by atoms with Gasteiger partial charge in [-0.3, -0.25) is 14.2 Å². The van der Waals surface area contributed by atoms with Crippen molar-refractivity contribution >= 4 is 39.2 Å². The van der Waals surface area contributed by atoms with Crippen LogP contribution < -0.4 is 10.9 Å². The van der Waals surface area contributed by atoms with Crippen LogP contribution in [0, 0.1) is 27.7 Å². The number of hydrogen-bond acceptors (Lipinski definition) is 6. The van der Waals surface area contributed by atoms with Crippen molar-refractivity contribution in [2.24, 2.45) is 0 Å². The molecule has 0 saturated carbocycles. The van der Waals surface area contributed by atoms with E-state index in [1.165, 1.54) is 0 Å². The highest BCUT2D eigenvalue weighted by Crippen LogP contribution is 2.28. The van der Waals surface area contributed by atoms with Gasteiger partial charge in [0.25, 0.3) is 5.56 Å². The largest absolute Gasteiger partial charge is 0.457 e. The Labute approximate surface area is 213 Å². The lowest BCUT2D eigenvalue weighted by atomic mass is 10.0. The lowest BCUT2D eigenvalue weighted by Crippen LogP contribution is -2.33. The number of nitrogens with zero attached hydrogens (tertiary/aromatic N) is 2. The van der Waals surface area contributed by atoms with E-state index in [0.717, 1.165) is 44.5 Å². The molecule has 2 heterocycles. The van der Waals surface area contributed by atoms with Crippen molar-refractivity contribution in [2.45, 2.75) is 53.7 Å². The molecule has 0 bridgehead atoms. The Balaban J connectivity index is 1.59. The van der Waals surface area contributed by atoms with Gasteiger partial charge in [-0.2, -0.15) is 0 Å². The Kier molecular flexibility index (Phi) is 7.35. The molecule has 36 heavy (non-hydrogen) atoms. The molecule has 0 fully saturated rings. The number of rotatable bonds is 7. The third-order valence-electron chi connectivity index (χ3n) is 6.11. The molecular weight excluding hydrogens is 474 g/mol. The fourth-order valence-corrected chi connectivity index (χ4v) is 5.30. The third kappa shape index (κ3) is 5.09. The molecule has 2 aromatic carbocycles. The number of amides is 1. The van der Waals surface area contributed by atoms with E-state index in [4.69, 9.17) is 4.74 Å². The topological polar surface area (TPSA) is 90.3 Å². The number of thiazole rings is 1. The maximum absolute atomic E-state index is 13.4. The molecule has 1 unspecified atom stereocenters. The fraction of sp³-hybridized carbons (Fsp3) is 0.286. The van der Waals surface area contributed by atoms with Crippen LogP contribution >= 0.6 is 11.3 Å².